The Bertz CT molecular complexity index is 911. The second-order valence-electron chi connectivity index (χ2n) is 7.32. The van der Waals surface area contributed by atoms with E-state index in [0.29, 0.717) is 18.0 Å². The highest BCUT2D eigenvalue weighted by Crippen LogP contribution is 2.16. The molecule has 0 spiro atoms. The fraction of sp³-hybridized carbons (Fsp3) is 0.364. The van der Waals surface area contributed by atoms with Gasteiger partial charge in [0.05, 0.1) is 5.56 Å². The van der Waals surface area contributed by atoms with Gasteiger partial charge in [0, 0.05) is 37.2 Å². The predicted molar refractivity (Wildman–Crippen MR) is 108 cm³/mol. The standard InChI is InChI=1S/C22H26N4O/c27-22(20-13-18(15-24-16-20)12-17-6-9-23-14-17)25-8-3-10-26-11-7-19-4-1-2-5-21(19)26/h1-2,4-5,7,11,13,15-17,23H,3,6,8-10,12,14H2,(H,25,27). The molecule has 0 aliphatic carbocycles. The van der Waals surface area contributed by atoms with E-state index in [9.17, 15) is 4.79 Å². The van der Waals surface area contributed by atoms with Gasteiger partial charge in [-0.25, -0.2) is 0 Å². The monoisotopic (exact) mass is 362 g/mol. The van der Waals surface area contributed by atoms with Crippen LogP contribution in [0.3, 0.4) is 0 Å². The third-order valence-corrected chi connectivity index (χ3v) is 5.29. The van der Waals surface area contributed by atoms with Gasteiger partial charge in [-0.3, -0.25) is 9.78 Å². The van der Waals surface area contributed by atoms with Crippen molar-refractivity contribution in [1.82, 2.24) is 20.2 Å². The summed E-state index contributed by atoms with van der Waals surface area (Å²) in [5.41, 5.74) is 3.04. The number of fused-ring (bicyclic) bond motifs is 1. The first-order valence-corrected chi connectivity index (χ1v) is 9.76. The zero-order chi connectivity index (χ0) is 18.5. The first-order chi connectivity index (χ1) is 13.3. The summed E-state index contributed by atoms with van der Waals surface area (Å²) < 4.78 is 2.24. The Morgan fingerprint density at radius 2 is 2.19 bits per heavy atom. The summed E-state index contributed by atoms with van der Waals surface area (Å²) >= 11 is 0. The maximum Gasteiger partial charge on any atom is 0.252 e. The molecule has 27 heavy (non-hydrogen) atoms. The zero-order valence-corrected chi connectivity index (χ0v) is 15.5. The van der Waals surface area contributed by atoms with Crippen molar-refractivity contribution in [2.75, 3.05) is 19.6 Å². The molecule has 5 nitrogen and oxygen atoms in total. The van der Waals surface area contributed by atoms with E-state index in [-0.39, 0.29) is 5.91 Å². The van der Waals surface area contributed by atoms with Gasteiger partial charge < -0.3 is 15.2 Å². The molecule has 140 valence electrons. The molecule has 1 aliphatic rings. The van der Waals surface area contributed by atoms with Gasteiger partial charge in [-0.15, -0.1) is 0 Å². The van der Waals surface area contributed by atoms with Crippen molar-refractivity contribution in [2.24, 2.45) is 5.92 Å². The first-order valence-electron chi connectivity index (χ1n) is 9.76. The minimum atomic E-state index is -0.0359. The molecule has 2 aromatic heterocycles. The highest BCUT2D eigenvalue weighted by atomic mass is 16.1. The summed E-state index contributed by atoms with van der Waals surface area (Å²) in [4.78, 5) is 16.7. The van der Waals surface area contributed by atoms with Crippen molar-refractivity contribution in [3.63, 3.8) is 0 Å². The van der Waals surface area contributed by atoms with Gasteiger partial charge in [0.25, 0.3) is 5.91 Å². The molecule has 4 rings (SSSR count). The number of nitrogens with zero attached hydrogens (tertiary/aromatic N) is 2. The van der Waals surface area contributed by atoms with Gasteiger partial charge in [-0.2, -0.15) is 0 Å². The number of carbonyl (C=O) groups excluding carboxylic acids is 1. The number of nitrogens with one attached hydrogen (secondary N) is 2. The molecule has 1 atom stereocenters. The fourth-order valence-corrected chi connectivity index (χ4v) is 3.83. The van der Waals surface area contributed by atoms with Gasteiger partial charge in [0.1, 0.15) is 0 Å². The smallest absolute Gasteiger partial charge is 0.252 e. The largest absolute Gasteiger partial charge is 0.352 e. The van der Waals surface area contributed by atoms with E-state index >= 15 is 0 Å². The van der Waals surface area contributed by atoms with Crippen LogP contribution in [0.1, 0.15) is 28.8 Å². The molecule has 0 saturated carbocycles. The van der Waals surface area contributed by atoms with Gasteiger partial charge in [-0.1, -0.05) is 18.2 Å². The molecule has 5 heteroatoms. The van der Waals surface area contributed by atoms with Crippen LogP contribution in [0.2, 0.25) is 0 Å². The third kappa shape index (κ3) is 4.37. The molecule has 0 radical (unpaired) electrons. The number of hydrogen-bond acceptors (Lipinski definition) is 3. The molecule has 3 heterocycles. The number of rotatable bonds is 7. The lowest BCUT2D eigenvalue weighted by atomic mass is 9.99. The predicted octanol–water partition coefficient (Wildman–Crippen LogP) is 3.01. The molecule has 1 saturated heterocycles. The number of aromatic nitrogens is 2. The van der Waals surface area contributed by atoms with Crippen LogP contribution in [0.5, 0.6) is 0 Å². The Balaban J connectivity index is 1.28. The van der Waals surface area contributed by atoms with Crippen LogP contribution >= 0.6 is 0 Å². The lowest BCUT2D eigenvalue weighted by Gasteiger charge is -2.10. The molecular formula is C22H26N4O. The van der Waals surface area contributed by atoms with Crippen molar-refractivity contribution in [3.8, 4) is 0 Å². The summed E-state index contributed by atoms with van der Waals surface area (Å²) in [6.45, 7) is 3.70. The second kappa shape index (κ2) is 8.35. The molecular weight excluding hydrogens is 336 g/mol. The second-order valence-corrected chi connectivity index (χ2v) is 7.32. The minimum Gasteiger partial charge on any atom is -0.352 e. The number of para-hydroxylation sites is 1. The Hall–Kier alpha value is -2.66. The van der Waals surface area contributed by atoms with Crippen molar-refractivity contribution < 1.29 is 4.79 Å². The highest BCUT2D eigenvalue weighted by molar-refractivity contribution is 5.94. The van der Waals surface area contributed by atoms with E-state index in [2.05, 4.69) is 56.7 Å². The maximum absolute atomic E-state index is 12.4. The van der Waals surface area contributed by atoms with Gasteiger partial charge in [0.2, 0.25) is 0 Å². The molecule has 1 aliphatic heterocycles. The van der Waals surface area contributed by atoms with E-state index in [1.807, 2.05) is 12.3 Å². The molecule has 1 aromatic carbocycles. The van der Waals surface area contributed by atoms with Crippen LogP contribution in [0.15, 0.2) is 55.0 Å². The summed E-state index contributed by atoms with van der Waals surface area (Å²) in [7, 11) is 0. The van der Waals surface area contributed by atoms with E-state index in [1.54, 1.807) is 6.20 Å². The molecule has 2 N–H and O–H groups in total. The van der Waals surface area contributed by atoms with Gasteiger partial charge >= 0.3 is 0 Å². The number of aryl methyl sites for hydroxylation is 1. The Morgan fingerprint density at radius 3 is 3.07 bits per heavy atom. The Kier molecular flexibility index (Phi) is 5.49. The van der Waals surface area contributed by atoms with E-state index < -0.39 is 0 Å². The number of carbonyl (C=O) groups is 1. The van der Waals surface area contributed by atoms with Gasteiger partial charge in [0.15, 0.2) is 0 Å². The van der Waals surface area contributed by atoms with Crippen LogP contribution in [-0.4, -0.2) is 35.1 Å². The quantitative estimate of drug-likeness (QED) is 0.635. The van der Waals surface area contributed by atoms with Crippen molar-refractivity contribution in [1.29, 1.82) is 0 Å². The molecule has 1 fully saturated rings. The highest BCUT2D eigenvalue weighted by Gasteiger charge is 2.16. The topological polar surface area (TPSA) is 59.0 Å². The Labute approximate surface area is 159 Å². The van der Waals surface area contributed by atoms with Crippen LogP contribution in [0.4, 0.5) is 0 Å². The lowest BCUT2D eigenvalue weighted by Crippen LogP contribution is -2.25. The lowest BCUT2D eigenvalue weighted by molar-refractivity contribution is 0.0952. The number of hydrogen-bond donors (Lipinski definition) is 2. The normalized spacial score (nSPS) is 16.7. The van der Waals surface area contributed by atoms with E-state index in [4.69, 9.17) is 0 Å². The number of amides is 1. The molecule has 0 bridgehead atoms. The van der Waals surface area contributed by atoms with Crippen LogP contribution in [-0.2, 0) is 13.0 Å². The minimum absolute atomic E-state index is 0.0359. The van der Waals surface area contributed by atoms with E-state index in [1.165, 1.54) is 17.3 Å². The van der Waals surface area contributed by atoms with Crippen molar-refractivity contribution in [3.05, 3.63) is 66.1 Å². The van der Waals surface area contributed by atoms with Crippen LogP contribution < -0.4 is 10.6 Å². The average molecular weight is 362 g/mol. The van der Waals surface area contributed by atoms with Gasteiger partial charge in [-0.05, 0) is 67.4 Å². The summed E-state index contributed by atoms with van der Waals surface area (Å²) in [6.07, 6.45) is 8.73. The van der Waals surface area contributed by atoms with Crippen LogP contribution in [0, 0.1) is 5.92 Å². The molecule has 3 aromatic rings. The van der Waals surface area contributed by atoms with E-state index in [0.717, 1.165) is 38.0 Å². The fourth-order valence-electron chi connectivity index (χ4n) is 3.83. The third-order valence-electron chi connectivity index (χ3n) is 5.29. The SMILES string of the molecule is O=C(NCCCn1ccc2ccccc21)c1cncc(CC2CCNC2)c1. The first kappa shape index (κ1) is 17.7. The summed E-state index contributed by atoms with van der Waals surface area (Å²) in [5, 5.41) is 7.66. The maximum atomic E-state index is 12.4. The molecule has 1 amide bonds. The Morgan fingerprint density at radius 1 is 1.26 bits per heavy atom. The van der Waals surface area contributed by atoms with Crippen molar-refractivity contribution in [2.45, 2.75) is 25.8 Å². The average Bonchev–Trinajstić information content (AvgIpc) is 3.35. The van der Waals surface area contributed by atoms with Crippen molar-refractivity contribution >= 4 is 16.8 Å². The number of benzene rings is 1. The summed E-state index contributed by atoms with van der Waals surface area (Å²) in [6, 6.07) is 12.5. The zero-order valence-electron chi connectivity index (χ0n) is 15.5. The summed E-state index contributed by atoms with van der Waals surface area (Å²) in [5.74, 6) is 0.618. The molecule has 1 unspecified atom stereocenters. The number of pyridine rings is 1. The van der Waals surface area contributed by atoms with Crippen LogP contribution in [0.25, 0.3) is 10.9 Å².